The van der Waals surface area contributed by atoms with Crippen molar-refractivity contribution in [3.05, 3.63) is 58.3 Å². The van der Waals surface area contributed by atoms with E-state index in [1.807, 2.05) is 6.92 Å². The summed E-state index contributed by atoms with van der Waals surface area (Å²) in [4.78, 5) is 12.6. The van der Waals surface area contributed by atoms with Crippen molar-refractivity contribution in [2.24, 2.45) is 0 Å². The number of carbonyl (C=O) groups is 1. The first-order valence-electron chi connectivity index (χ1n) is 7.15. The Hall–Kier alpha value is -2.51. The maximum atomic E-state index is 13.4. The van der Waals surface area contributed by atoms with Gasteiger partial charge >= 0.3 is 0 Å². The average molecular weight is 351 g/mol. The van der Waals surface area contributed by atoms with Crippen LogP contribution in [0.4, 0.5) is 4.39 Å². The van der Waals surface area contributed by atoms with E-state index in [2.05, 4.69) is 10.4 Å². The van der Waals surface area contributed by atoms with Gasteiger partial charge in [-0.2, -0.15) is 5.10 Å². The first kappa shape index (κ1) is 17.8. The van der Waals surface area contributed by atoms with E-state index in [-0.39, 0.29) is 22.0 Å². The molecule has 8 heteroatoms. The Morgan fingerprint density at radius 1 is 1.50 bits per heavy atom. The molecule has 3 N–H and O–H groups in total. The van der Waals surface area contributed by atoms with Crippen LogP contribution in [-0.2, 0) is 6.61 Å². The highest BCUT2D eigenvalue weighted by Crippen LogP contribution is 2.22. The number of ketones is 1. The van der Waals surface area contributed by atoms with Crippen LogP contribution < -0.4 is 5.32 Å². The number of rotatable bonds is 7. The van der Waals surface area contributed by atoms with Crippen LogP contribution >= 0.6 is 11.6 Å². The van der Waals surface area contributed by atoms with Crippen molar-refractivity contribution in [3.63, 3.8) is 0 Å². The summed E-state index contributed by atoms with van der Waals surface area (Å²) in [5, 5.41) is 23.8. The summed E-state index contributed by atoms with van der Waals surface area (Å²) in [6, 6.07) is 5.12. The lowest BCUT2D eigenvalue weighted by molar-refractivity contribution is 0.103. The van der Waals surface area contributed by atoms with Gasteiger partial charge in [0.15, 0.2) is 5.15 Å². The molecular weight excluding hydrogens is 335 g/mol. The number of hydrogen-bond donors (Lipinski definition) is 3. The smallest absolute Gasteiger partial charge is 0.214 e. The van der Waals surface area contributed by atoms with E-state index < -0.39 is 18.2 Å². The summed E-state index contributed by atoms with van der Waals surface area (Å²) in [7, 11) is 0. The molecular formula is C16H16ClFN4O2. The van der Waals surface area contributed by atoms with Crippen LogP contribution in [0.3, 0.4) is 0 Å². The molecule has 0 radical (unpaired) electrons. The zero-order chi connectivity index (χ0) is 17.7. The van der Waals surface area contributed by atoms with Crippen LogP contribution in [0.15, 0.2) is 36.0 Å². The number of nitrogens with zero attached hydrogens (tertiary/aromatic N) is 2. The Balaban J connectivity index is 2.56. The van der Waals surface area contributed by atoms with Crippen molar-refractivity contribution < 1.29 is 14.3 Å². The third kappa shape index (κ3) is 3.69. The number of aliphatic hydroxyl groups excluding tert-OH is 1. The normalized spacial score (nSPS) is 11.4. The number of hydrogen-bond acceptors (Lipinski definition) is 5. The van der Waals surface area contributed by atoms with E-state index in [4.69, 9.17) is 17.0 Å². The van der Waals surface area contributed by atoms with E-state index in [0.717, 1.165) is 12.3 Å². The number of benzene rings is 1. The molecule has 1 aromatic heterocycles. The molecule has 0 saturated heterocycles. The van der Waals surface area contributed by atoms with Crippen molar-refractivity contribution in [1.29, 1.82) is 5.41 Å². The Labute approximate surface area is 143 Å². The summed E-state index contributed by atoms with van der Waals surface area (Å²) < 4.78 is 14.6. The van der Waals surface area contributed by atoms with Crippen LogP contribution in [0.5, 0.6) is 0 Å². The van der Waals surface area contributed by atoms with Gasteiger partial charge in [0.05, 0.1) is 17.9 Å². The largest absolute Gasteiger partial charge is 0.392 e. The van der Waals surface area contributed by atoms with E-state index in [0.29, 0.717) is 12.2 Å². The van der Waals surface area contributed by atoms with Crippen LogP contribution in [0.2, 0.25) is 5.15 Å². The molecule has 2 aromatic rings. The van der Waals surface area contributed by atoms with Gasteiger partial charge in [-0.1, -0.05) is 11.6 Å². The van der Waals surface area contributed by atoms with Crippen LogP contribution in [0.25, 0.3) is 5.69 Å². The molecule has 0 unspecified atom stereocenters. The van der Waals surface area contributed by atoms with E-state index in [1.165, 1.54) is 29.1 Å². The van der Waals surface area contributed by atoms with E-state index in [1.54, 1.807) is 0 Å². The lowest BCUT2D eigenvalue weighted by Gasteiger charge is -2.11. The van der Waals surface area contributed by atoms with Gasteiger partial charge in [0.1, 0.15) is 11.5 Å². The molecule has 0 fully saturated rings. The second-order valence-corrected chi connectivity index (χ2v) is 5.21. The summed E-state index contributed by atoms with van der Waals surface area (Å²) in [5.74, 6) is -0.986. The third-order valence-corrected chi connectivity index (χ3v) is 3.42. The molecule has 1 heterocycles. The third-order valence-electron chi connectivity index (χ3n) is 3.23. The fourth-order valence-corrected chi connectivity index (χ4v) is 2.30. The predicted octanol–water partition coefficient (Wildman–Crippen LogP) is 2.48. The highest BCUT2D eigenvalue weighted by molar-refractivity contribution is 6.30. The molecule has 0 atom stereocenters. The fourth-order valence-electron chi connectivity index (χ4n) is 2.12. The van der Waals surface area contributed by atoms with Gasteiger partial charge in [-0.25, -0.2) is 9.07 Å². The minimum atomic E-state index is -0.513. The van der Waals surface area contributed by atoms with Gasteiger partial charge in [-0.15, -0.1) is 0 Å². The molecule has 0 aliphatic rings. The molecule has 126 valence electrons. The molecule has 0 aliphatic heterocycles. The van der Waals surface area contributed by atoms with Gasteiger partial charge in [-0.05, 0) is 25.1 Å². The zero-order valence-corrected chi connectivity index (χ0v) is 13.6. The number of nitrogens with one attached hydrogen (secondary N) is 2. The van der Waals surface area contributed by atoms with Crippen molar-refractivity contribution in [3.8, 4) is 5.69 Å². The predicted molar refractivity (Wildman–Crippen MR) is 89.3 cm³/mol. The fraction of sp³-hybridized carbons (Fsp3) is 0.188. The van der Waals surface area contributed by atoms with Crippen molar-refractivity contribution >= 4 is 23.6 Å². The lowest BCUT2D eigenvalue weighted by atomic mass is 10.1. The van der Waals surface area contributed by atoms with Gasteiger partial charge in [0, 0.05) is 30.6 Å². The summed E-state index contributed by atoms with van der Waals surface area (Å²) in [6.45, 7) is 2.02. The number of halogens is 2. The standard InChI is InChI=1S/C16H16ClFN4O2/c1-2-20-8-11(7-19)16(24)14-6-15(17)21-22(14)13-4-3-12(18)5-10(13)9-23/h3-8,19-20,23H,2,9H2,1H3/b11-8+,19-7?. The van der Waals surface area contributed by atoms with E-state index in [9.17, 15) is 14.3 Å². The monoisotopic (exact) mass is 350 g/mol. The van der Waals surface area contributed by atoms with Crippen LogP contribution in [0, 0.1) is 11.2 Å². The molecule has 0 spiro atoms. The summed E-state index contributed by atoms with van der Waals surface area (Å²) in [6.07, 6.45) is 2.35. The summed E-state index contributed by atoms with van der Waals surface area (Å²) >= 11 is 5.93. The number of aromatic nitrogens is 2. The molecule has 6 nitrogen and oxygen atoms in total. The maximum absolute atomic E-state index is 13.4. The average Bonchev–Trinajstić information content (AvgIpc) is 2.96. The Morgan fingerprint density at radius 3 is 2.88 bits per heavy atom. The van der Waals surface area contributed by atoms with Crippen molar-refractivity contribution in [1.82, 2.24) is 15.1 Å². The SMILES string of the molecule is CCN/C=C(\C=N)C(=O)c1cc(Cl)nn1-c1ccc(F)cc1CO. The van der Waals surface area contributed by atoms with Crippen molar-refractivity contribution in [2.75, 3.05) is 6.54 Å². The lowest BCUT2D eigenvalue weighted by Crippen LogP contribution is -2.16. The van der Waals surface area contributed by atoms with Crippen molar-refractivity contribution in [2.45, 2.75) is 13.5 Å². The minimum absolute atomic E-state index is 0.0688. The highest BCUT2D eigenvalue weighted by Gasteiger charge is 2.20. The topological polar surface area (TPSA) is 91.0 Å². The van der Waals surface area contributed by atoms with Gasteiger partial charge < -0.3 is 15.8 Å². The van der Waals surface area contributed by atoms with Crippen LogP contribution in [0.1, 0.15) is 23.0 Å². The number of aliphatic hydroxyl groups is 1. The number of carbonyl (C=O) groups excluding carboxylic acids is 1. The maximum Gasteiger partial charge on any atom is 0.214 e. The van der Waals surface area contributed by atoms with Gasteiger partial charge in [0.2, 0.25) is 5.78 Å². The molecule has 0 bridgehead atoms. The first-order valence-corrected chi connectivity index (χ1v) is 7.53. The Kier molecular flexibility index (Phi) is 5.83. The van der Waals surface area contributed by atoms with Gasteiger partial charge in [-0.3, -0.25) is 4.79 Å². The Bertz CT molecular complexity index is 801. The van der Waals surface area contributed by atoms with Crippen LogP contribution in [-0.4, -0.2) is 33.4 Å². The highest BCUT2D eigenvalue weighted by atomic mass is 35.5. The van der Waals surface area contributed by atoms with Gasteiger partial charge in [0.25, 0.3) is 0 Å². The number of Topliss-reactive ketones (excluding diaryl/α,β-unsaturated/α-hetero) is 1. The number of allylic oxidation sites excluding steroid dienone is 1. The second-order valence-electron chi connectivity index (χ2n) is 4.83. The minimum Gasteiger partial charge on any atom is -0.392 e. The Morgan fingerprint density at radius 2 is 2.25 bits per heavy atom. The van der Waals surface area contributed by atoms with E-state index >= 15 is 0 Å². The molecule has 24 heavy (non-hydrogen) atoms. The molecule has 0 saturated carbocycles. The molecule has 0 amide bonds. The summed E-state index contributed by atoms with van der Waals surface area (Å²) in [5.41, 5.74) is 0.814. The zero-order valence-electron chi connectivity index (χ0n) is 12.9. The second kappa shape index (κ2) is 7.85. The molecule has 1 aromatic carbocycles. The molecule has 2 rings (SSSR count). The first-order chi connectivity index (χ1) is 11.5. The quantitative estimate of drug-likeness (QED) is 0.406. The molecule has 0 aliphatic carbocycles.